The monoisotopic (exact) mass is 399 g/mol. The number of fused-ring (bicyclic) bond motifs is 1. The summed E-state index contributed by atoms with van der Waals surface area (Å²) in [6.07, 6.45) is 6.18. The van der Waals surface area contributed by atoms with Crippen LogP contribution in [0.3, 0.4) is 0 Å². The topological polar surface area (TPSA) is 83.2 Å². The molecule has 0 unspecified atom stereocenters. The van der Waals surface area contributed by atoms with Crippen molar-refractivity contribution in [2.75, 3.05) is 0 Å². The summed E-state index contributed by atoms with van der Waals surface area (Å²) in [4.78, 5) is 28.8. The molecule has 0 saturated heterocycles. The molecular weight excluding hydrogens is 366 g/mol. The zero-order valence-corrected chi connectivity index (χ0v) is 17.9. The highest BCUT2D eigenvalue weighted by Crippen LogP contribution is 2.24. The molecule has 29 heavy (non-hydrogen) atoms. The first kappa shape index (κ1) is 21.2. The fourth-order valence-electron chi connectivity index (χ4n) is 3.99. The van der Waals surface area contributed by atoms with E-state index in [0.717, 1.165) is 35.7 Å². The molecule has 1 aromatic heterocycles. The molecule has 6 heteroatoms. The molecule has 0 radical (unpaired) electrons. The van der Waals surface area contributed by atoms with Crippen molar-refractivity contribution in [1.29, 1.82) is 0 Å². The van der Waals surface area contributed by atoms with Gasteiger partial charge in [-0.25, -0.2) is 4.79 Å². The number of H-pyrrole nitrogens is 1. The van der Waals surface area contributed by atoms with Gasteiger partial charge in [0.05, 0.1) is 0 Å². The summed E-state index contributed by atoms with van der Waals surface area (Å²) in [6.45, 7) is 7.61. The molecular formula is C23H33N3O3. The largest absolute Gasteiger partial charge is 0.444 e. The van der Waals surface area contributed by atoms with Crippen LogP contribution in [0.15, 0.2) is 30.5 Å². The number of alkyl carbamates (subject to hydrolysis) is 1. The summed E-state index contributed by atoms with van der Waals surface area (Å²) in [5.74, 6) is 0.294. The Morgan fingerprint density at radius 3 is 2.66 bits per heavy atom. The second kappa shape index (κ2) is 8.89. The molecule has 1 saturated carbocycles. The van der Waals surface area contributed by atoms with Gasteiger partial charge in [-0.3, -0.25) is 4.79 Å². The van der Waals surface area contributed by atoms with Crippen LogP contribution in [0.25, 0.3) is 10.9 Å². The van der Waals surface area contributed by atoms with Gasteiger partial charge in [-0.2, -0.15) is 0 Å². The first-order valence-corrected chi connectivity index (χ1v) is 10.6. The van der Waals surface area contributed by atoms with Gasteiger partial charge in [-0.15, -0.1) is 0 Å². The van der Waals surface area contributed by atoms with Crippen LogP contribution in [0, 0.1) is 5.92 Å². The maximum Gasteiger partial charge on any atom is 0.408 e. The fraction of sp³-hybridized carbons (Fsp3) is 0.565. The molecule has 1 aromatic carbocycles. The summed E-state index contributed by atoms with van der Waals surface area (Å²) in [7, 11) is 0. The predicted octanol–water partition coefficient (Wildman–Crippen LogP) is 4.30. The molecule has 1 fully saturated rings. The molecule has 3 N–H and O–H groups in total. The van der Waals surface area contributed by atoms with Crippen molar-refractivity contribution in [1.82, 2.24) is 15.6 Å². The number of para-hydroxylation sites is 1. The zero-order valence-electron chi connectivity index (χ0n) is 17.9. The molecule has 2 aromatic rings. The number of rotatable bonds is 5. The van der Waals surface area contributed by atoms with Gasteiger partial charge < -0.3 is 20.4 Å². The molecule has 0 spiro atoms. The summed E-state index contributed by atoms with van der Waals surface area (Å²) in [5, 5.41) is 7.03. The average Bonchev–Trinajstić information content (AvgIpc) is 3.04. The second-order valence-corrected chi connectivity index (χ2v) is 9.14. The SMILES string of the molecule is C[C@H]1CCCC[C@H]1NC(=O)[C@H](Cc1c[nH]c2ccccc12)NC(=O)OC(C)(C)C. The van der Waals surface area contributed by atoms with Crippen LogP contribution in [0.2, 0.25) is 0 Å². The Labute approximate surface area is 172 Å². The highest BCUT2D eigenvalue weighted by atomic mass is 16.6. The molecule has 1 aliphatic rings. The van der Waals surface area contributed by atoms with Crippen molar-refractivity contribution in [3.8, 4) is 0 Å². The third-order valence-corrected chi connectivity index (χ3v) is 5.55. The van der Waals surface area contributed by atoms with Crippen LogP contribution in [0.1, 0.15) is 58.9 Å². The van der Waals surface area contributed by atoms with Crippen LogP contribution in [0.4, 0.5) is 4.79 Å². The number of aromatic amines is 1. The Morgan fingerprint density at radius 2 is 1.93 bits per heavy atom. The smallest absolute Gasteiger partial charge is 0.408 e. The maximum absolute atomic E-state index is 13.1. The lowest BCUT2D eigenvalue weighted by Gasteiger charge is -2.31. The van der Waals surface area contributed by atoms with Crippen LogP contribution in [-0.2, 0) is 16.0 Å². The summed E-state index contributed by atoms with van der Waals surface area (Å²) in [6, 6.07) is 7.42. The van der Waals surface area contributed by atoms with Crippen molar-refractivity contribution in [3.63, 3.8) is 0 Å². The third-order valence-electron chi connectivity index (χ3n) is 5.55. The molecule has 2 amide bonds. The highest BCUT2D eigenvalue weighted by molar-refractivity contribution is 5.88. The second-order valence-electron chi connectivity index (χ2n) is 9.14. The summed E-state index contributed by atoms with van der Waals surface area (Å²) < 4.78 is 5.40. The Kier molecular flexibility index (Phi) is 6.50. The predicted molar refractivity (Wildman–Crippen MR) is 115 cm³/mol. The van der Waals surface area contributed by atoms with E-state index < -0.39 is 17.7 Å². The summed E-state index contributed by atoms with van der Waals surface area (Å²) in [5.41, 5.74) is 1.39. The fourth-order valence-corrected chi connectivity index (χ4v) is 3.99. The van der Waals surface area contributed by atoms with E-state index >= 15 is 0 Å². The number of nitrogens with one attached hydrogen (secondary N) is 3. The van der Waals surface area contributed by atoms with Crippen LogP contribution < -0.4 is 10.6 Å². The molecule has 0 bridgehead atoms. The first-order valence-electron chi connectivity index (χ1n) is 10.6. The Hall–Kier alpha value is -2.50. The number of carbonyl (C=O) groups excluding carboxylic acids is 2. The average molecular weight is 400 g/mol. The quantitative estimate of drug-likeness (QED) is 0.701. The van der Waals surface area contributed by atoms with Crippen molar-refractivity contribution in [3.05, 3.63) is 36.0 Å². The highest BCUT2D eigenvalue weighted by Gasteiger charge is 2.29. The van der Waals surface area contributed by atoms with Crippen molar-refractivity contribution >= 4 is 22.9 Å². The van der Waals surface area contributed by atoms with Crippen LogP contribution in [-0.4, -0.2) is 34.7 Å². The molecule has 3 rings (SSSR count). The minimum Gasteiger partial charge on any atom is -0.444 e. The number of amides is 2. The molecule has 158 valence electrons. The molecule has 1 aliphatic carbocycles. The van der Waals surface area contributed by atoms with Crippen LogP contribution >= 0.6 is 0 Å². The number of hydrogen-bond acceptors (Lipinski definition) is 3. The Morgan fingerprint density at radius 1 is 1.21 bits per heavy atom. The zero-order chi connectivity index (χ0) is 21.0. The van der Waals surface area contributed by atoms with Crippen molar-refractivity contribution < 1.29 is 14.3 Å². The minimum atomic E-state index is -0.696. The van der Waals surface area contributed by atoms with E-state index in [1.165, 1.54) is 6.42 Å². The van der Waals surface area contributed by atoms with Gasteiger partial charge in [-0.05, 0) is 51.2 Å². The first-order chi connectivity index (χ1) is 13.7. The van der Waals surface area contributed by atoms with Gasteiger partial charge >= 0.3 is 6.09 Å². The number of ether oxygens (including phenoxy) is 1. The van der Waals surface area contributed by atoms with E-state index in [9.17, 15) is 9.59 Å². The van der Waals surface area contributed by atoms with E-state index in [1.807, 2.05) is 51.2 Å². The van der Waals surface area contributed by atoms with Gasteiger partial charge in [-0.1, -0.05) is 38.0 Å². The van der Waals surface area contributed by atoms with Crippen molar-refractivity contribution in [2.45, 2.75) is 77.5 Å². The third kappa shape index (κ3) is 5.75. The standard InChI is InChI=1S/C23H33N3O3/c1-15-9-5-7-11-18(15)25-21(27)20(26-22(28)29-23(2,3)4)13-16-14-24-19-12-8-6-10-17(16)19/h6,8,10,12,14-15,18,20,24H,5,7,9,11,13H2,1-4H3,(H,25,27)(H,26,28)/t15-,18+,20-/m0/s1. The van der Waals surface area contributed by atoms with Crippen LogP contribution in [0.5, 0.6) is 0 Å². The van der Waals surface area contributed by atoms with Gasteiger partial charge in [0.2, 0.25) is 5.91 Å². The maximum atomic E-state index is 13.1. The number of aromatic nitrogens is 1. The molecule has 1 heterocycles. The number of benzene rings is 1. The Balaban J connectivity index is 1.76. The lowest BCUT2D eigenvalue weighted by atomic mass is 9.85. The van der Waals surface area contributed by atoms with Gasteiger partial charge in [0.15, 0.2) is 0 Å². The Bertz CT molecular complexity index is 852. The van der Waals surface area contributed by atoms with Crippen molar-refractivity contribution in [2.24, 2.45) is 5.92 Å². The normalized spacial score (nSPS) is 20.8. The van der Waals surface area contributed by atoms with Gasteiger partial charge in [0.25, 0.3) is 0 Å². The molecule has 6 nitrogen and oxygen atoms in total. The number of carbonyl (C=O) groups is 2. The summed E-state index contributed by atoms with van der Waals surface area (Å²) >= 11 is 0. The number of hydrogen-bond donors (Lipinski definition) is 3. The molecule has 0 aliphatic heterocycles. The van der Waals surface area contributed by atoms with Gasteiger partial charge in [0, 0.05) is 29.6 Å². The van der Waals surface area contributed by atoms with E-state index in [1.54, 1.807) is 0 Å². The lowest BCUT2D eigenvalue weighted by molar-refractivity contribution is -0.124. The van der Waals surface area contributed by atoms with E-state index in [-0.39, 0.29) is 11.9 Å². The molecule has 3 atom stereocenters. The lowest BCUT2D eigenvalue weighted by Crippen LogP contribution is -2.53. The van der Waals surface area contributed by atoms with E-state index in [0.29, 0.717) is 12.3 Å². The minimum absolute atomic E-state index is 0.153. The van der Waals surface area contributed by atoms with E-state index in [4.69, 9.17) is 4.74 Å². The van der Waals surface area contributed by atoms with Gasteiger partial charge in [0.1, 0.15) is 11.6 Å². The van der Waals surface area contributed by atoms with E-state index in [2.05, 4.69) is 22.5 Å².